The summed E-state index contributed by atoms with van der Waals surface area (Å²) in [5, 5.41) is 32.9. The summed E-state index contributed by atoms with van der Waals surface area (Å²) < 4.78 is 33.9. The minimum Gasteiger partial charge on any atom is -0.493 e. The first kappa shape index (κ1) is 62.1. The molecule has 0 radical (unpaired) electrons. The number of nitrogens with zero attached hydrogens (tertiary/aromatic N) is 4. The predicted molar refractivity (Wildman–Crippen MR) is 302 cm³/mol. The molecule has 2 aliphatic rings. The number of carbonyl (C=O) groups is 4. The van der Waals surface area contributed by atoms with E-state index in [9.17, 15) is 39.4 Å². The monoisotopic (exact) mass is 1110 g/mol. The van der Waals surface area contributed by atoms with Gasteiger partial charge in [0.15, 0.2) is 34.7 Å². The van der Waals surface area contributed by atoms with Gasteiger partial charge < -0.3 is 66.9 Å². The van der Waals surface area contributed by atoms with Crippen LogP contribution in [0.15, 0.2) is 58.5 Å². The van der Waals surface area contributed by atoms with Crippen molar-refractivity contribution in [3.8, 4) is 56.8 Å². The Bertz CT molecular complexity index is 2790. The van der Waals surface area contributed by atoms with Crippen molar-refractivity contribution in [3.05, 3.63) is 91.0 Å². The topological polar surface area (TPSA) is 361 Å². The molecule has 0 bridgehead atoms. The third kappa shape index (κ3) is 16.2. The number of rotatable bonds is 24. The lowest BCUT2D eigenvalue weighted by Crippen LogP contribution is -2.35. The first-order valence-corrected chi connectivity index (χ1v) is 25.8. The minimum absolute atomic E-state index is 0.0323. The summed E-state index contributed by atoms with van der Waals surface area (Å²) in [4.78, 5) is 77.8. The van der Waals surface area contributed by atoms with Crippen molar-refractivity contribution in [2.75, 3.05) is 79.5 Å². The number of nitro groups is 2. The average molecular weight is 1110 g/mol. The van der Waals surface area contributed by atoms with Crippen molar-refractivity contribution < 1.29 is 57.4 Å². The van der Waals surface area contributed by atoms with Gasteiger partial charge in [0.2, 0.25) is 35.1 Å². The lowest BCUT2D eigenvalue weighted by Gasteiger charge is -2.22. The van der Waals surface area contributed by atoms with Gasteiger partial charge >= 0.3 is 0 Å². The summed E-state index contributed by atoms with van der Waals surface area (Å²) in [6.07, 6.45) is 4.36. The summed E-state index contributed by atoms with van der Waals surface area (Å²) in [7, 11) is 9.37. The SMILES string of the molecule is COc1cc2c(c(OC)c1OC)-c1ccc(NC(=O)[C@@H](C)CCCN=C(N)C[N+](=O)[O-])cc1[C@@H](NC(C)=O)CC2.COc1cc2c(c(OC)c1OC)-c1ccc(NC(=O)[C@@H](N)CCCN=C(N)C[N+](=O)[O-])cc1[C@@H](NC(C)=O)CC2. The molecule has 80 heavy (non-hydrogen) atoms. The molecule has 10 N–H and O–H groups in total. The van der Waals surface area contributed by atoms with Crippen LogP contribution in [0.4, 0.5) is 11.4 Å². The first-order valence-electron chi connectivity index (χ1n) is 25.8. The highest BCUT2D eigenvalue weighted by Gasteiger charge is 2.32. The van der Waals surface area contributed by atoms with Crippen LogP contribution < -0.4 is 66.9 Å². The smallest absolute Gasteiger partial charge is 0.259 e. The third-order valence-electron chi connectivity index (χ3n) is 13.4. The van der Waals surface area contributed by atoms with Crippen LogP contribution in [-0.2, 0) is 32.0 Å². The van der Waals surface area contributed by atoms with Crippen LogP contribution in [0.5, 0.6) is 34.5 Å². The number of ether oxygens (including phenoxy) is 6. The van der Waals surface area contributed by atoms with Crippen LogP contribution >= 0.6 is 0 Å². The third-order valence-corrected chi connectivity index (χ3v) is 13.4. The molecule has 4 atom stereocenters. The van der Waals surface area contributed by atoms with Gasteiger partial charge in [0, 0.05) is 65.2 Å². The predicted octanol–water partition coefficient (Wildman–Crippen LogP) is 5.67. The fourth-order valence-corrected chi connectivity index (χ4v) is 9.69. The van der Waals surface area contributed by atoms with Crippen molar-refractivity contribution >= 4 is 46.7 Å². The Morgan fingerprint density at radius 1 is 0.613 bits per heavy atom. The molecule has 0 heterocycles. The van der Waals surface area contributed by atoms with E-state index in [-0.39, 0.29) is 53.9 Å². The number of hydrogen-bond donors (Lipinski definition) is 7. The number of aliphatic imine (C=N–C) groups is 2. The Morgan fingerprint density at radius 3 is 1.39 bits per heavy atom. The Kier molecular flexibility index (Phi) is 22.7. The second-order valence-corrected chi connectivity index (χ2v) is 19.0. The number of aryl methyl sites for hydroxylation is 2. The van der Waals surface area contributed by atoms with Gasteiger partial charge in [-0.25, -0.2) is 0 Å². The number of amides is 4. The molecule has 2 aliphatic carbocycles. The van der Waals surface area contributed by atoms with E-state index < -0.39 is 34.9 Å². The first-order chi connectivity index (χ1) is 38.2. The van der Waals surface area contributed by atoms with Gasteiger partial charge in [-0.15, -0.1) is 0 Å². The summed E-state index contributed by atoms with van der Waals surface area (Å²) in [5.41, 5.74) is 25.2. The van der Waals surface area contributed by atoms with E-state index in [1.165, 1.54) is 13.8 Å². The lowest BCUT2D eigenvalue weighted by atomic mass is 9.93. The van der Waals surface area contributed by atoms with Gasteiger partial charge in [-0.3, -0.25) is 49.4 Å². The van der Waals surface area contributed by atoms with Gasteiger partial charge in [-0.1, -0.05) is 19.1 Å². The fraction of sp³-hybridized carbons (Fsp3) is 0.455. The van der Waals surface area contributed by atoms with E-state index >= 15 is 0 Å². The molecule has 0 aromatic heterocycles. The number of amidine groups is 2. The standard InChI is InChI=1S/C28H37N5O7.C27H36N6O7/c1-16(7-6-12-30-24(29)15-33(36)37)28(35)32-19-9-10-20-21(14-19)22(31-17(2)34)11-8-18-13-23(38-3)26(39-4)27(40-5)25(18)20;1-15(34)31-21-10-7-16-12-22(38-2)25(39-3)26(40-4)24(16)18-9-8-17(13-19(18)21)32-27(35)20(28)6-5-11-30-23(29)14-33(36)37/h9-10,13-14,16,22H,6-8,11-12,15H2,1-5H3,(H2,29,30)(H,31,34)(H,32,35);8-9,12-13,20-21H,5-7,10-11,14,28H2,1-4H3,(H2,29,30)(H,31,34)(H,32,35)/t16-,22-;20-,21-/m00/s1. The van der Waals surface area contributed by atoms with E-state index in [4.69, 9.17) is 45.6 Å². The number of nitrogens with one attached hydrogen (secondary N) is 4. The molecule has 4 aromatic carbocycles. The molecule has 432 valence electrons. The van der Waals surface area contributed by atoms with Gasteiger partial charge in [-0.2, -0.15) is 0 Å². The number of fused-ring (bicyclic) bond motifs is 6. The van der Waals surface area contributed by atoms with E-state index in [0.717, 1.165) is 44.5 Å². The highest BCUT2D eigenvalue weighted by Crippen LogP contribution is 2.52. The molecular formula is C55H73N11O14. The minimum atomic E-state index is -0.825. The van der Waals surface area contributed by atoms with Crippen molar-refractivity contribution in [1.82, 2.24) is 10.6 Å². The Balaban J connectivity index is 0.000000294. The second kappa shape index (κ2) is 29.3. The Hall–Kier alpha value is -8.74. The Labute approximate surface area is 464 Å². The van der Waals surface area contributed by atoms with Crippen molar-refractivity contribution in [2.24, 2.45) is 33.1 Å². The van der Waals surface area contributed by atoms with Gasteiger partial charge in [0.1, 0.15) is 0 Å². The van der Waals surface area contributed by atoms with E-state index in [0.29, 0.717) is 104 Å². The van der Waals surface area contributed by atoms with Crippen molar-refractivity contribution in [3.63, 3.8) is 0 Å². The molecule has 0 unspecified atom stereocenters. The molecule has 25 nitrogen and oxygen atoms in total. The number of hydrogen-bond acceptors (Lipinski definition) is 17. The Morgan fingerprint density at radius 2 is 1.01 bits per heavy atom. The maximum atomic E-state index is 13.0. The summed E-state index contributed by atoms with van der Waals surface area (Å²) in [5.74, 6) is 1.76. The van der Waals surface area contributed by atoms with Crippen LogP contribution in [0.3, 0.4) is 0 Å². The second-order valence-electron chi connectivity index (χ2n) is 19.0. The molecular weight excluding hydrogens is 1040 g/mol. The number of nitrogens with two attached hydrogens (primary N) is 3. The van der Waals surface area contributed by atoms with Gasteiger partial charge in [-0.05, 0) is 121 Å². The zero-order valence-corrected chi connectivity index (χ0v) is 46.6. The zero-order chi connectivity index (χ0) is 58.8. The molecule has 0 saturated carbocycles. The number of methoxy groups -OCH3 is 6. The van der Waals surface area contributed by atoms with Crippen LogP contribution in [0.25, 0.3) is 22.3 Å². The fourth-order valence-electron chi connectivity index (χ4n) is 9.69. The molecule has 4 aromatic rings. The number of anilines is 2. The highest BCUT2D eigenvalue weighted by atomic mass is 16.6. The highest BCUT2D eigenvalue weighted by molar-refractivity contribution is 5.96. The average Bonchev–Trinajstić information content (AvgIpc) is 3.72. The van der Waals surface area contributed by atoms with E-state index in [2.05, 4.69) is 31.3 Å². The largest absolute Gasteiger partial charge is 0.493 e. The van der Waals surface area contributed by atoms with Crippen molar-refractivity contribution in [1.29, 1.82) is 0 Å². The molecule has 0 fully saturated rings. The summed E-state index contributed by atoms with van der Waals surface area (Å²) in [6, 6.07) is 13.5. The van der Waals surface area contributed by atoms with Gasteiger partial charge in [0.25, 0.3) is 13.1 Å². The molecule has 0 spiro atoms. The van der Waals surface area contributed by atoms with Gasteiger partial charge in [0.05, 0.1) is 60.8 Å². The van der Waals surface area contributed by atoms with Crippen molar-refractivity contribution in [2.45, 2.75) is 90.3 Å². The van der Waals surface area contributed by atoms with Crippen LogP contribution in [0.1, 0.15) is 93.6 Å². The molecule has 4 amide bonds. The van der Waals surface area contributed by atoms with Crippen LogP contribution in [-0.4, -0.2) is 120 Å². The molecule has 6 rings (SSSR count). The molecule has 0 aliphatic heterocycles. The van der Waals surface area contributed by atoms with E-state index in [1.807, 2.05) is 49.4 Å². The molecule has 0 saturated heterocycles. The molecule has 25 heteroatoms. The zero-order valence-electron chi connectivity index (χ0n) is 46.6. The van der Waals surface area contributed by atoms with Crippen LogP contribution in [0, 0.1) is 26.1 Å². The quantitative estimate of drug-likeness (QED) is 0.0146. The normalized spacial score (nSPS) is 15.1. The lowest BCUT2D eigenvalue weighted by molar-refractivity contribution is -0.463. The maximum absolute atomic E-state index is 13.0. The summed E-state index contributed by atoms with van der Waals surface area (Å²) >= 11 is 0. The summed E-state index contributed by atoms with van der Waals surface area (Å²) in [6.45, 7) is 4.27. The van der Waals surface area contributed by atoms with Crippen LogP contribution in [0.2, 0.25) is 0 Å². The number of carbonyl (C=O) groups excluding carboxylic acids is 4. The number of benzene rings is 4. The van der Waals surface area contributed by atoms with E-state index in [1.54, 1.807) is 48.7 Å². The maximum Gasteiger partial charge on any atom is 0.259 e.